The van der Waals surface area contributed by atoms with E-state index < -0.39 is 5.97 Å². The number of hydrogen-bond donors (Lipinski definition) is 2. The molecule has 0 radical (unpaired) electrons. The molecular weight excluding hydrogens is 306 g/mol. The number of carbonyl (C=O) groups is 2. The number of hydrogen-bond acceptors (Lipinski definition) is 3. The molecule has 128 valence electrons. The Morgan fingerprint density at radius 3 is 2.42 bits per heavy atom. The highest BCUT2D eigenvalue weighted by Crippen LogP contribution is 2.32. The number of aryl methyl sites for hydroxylation is 1. The molecule has 1 unspecified atom stereocenters. The molecule has 2 rings (SSSR count). The van der Waals surface area contributed by atoms with Gasteiger partial charge in [-0.05, 0) is 17.9 Å². The second kappa shape index (κ2) is 6.86. The lowest BCUT2D eigenvalue weighted by Crippen LogP contribution is -2.38. The van der Waals surface area contributed by atoms with Crippen LogP contribution in [0.4, 0.5) is 0 Å². The lowest BCUT2D eigenvalue weighted by atomic mass is 9.82. The number of aromatic carboxylic acids is 1. The second-order valence-electron chi connectivity index (χ2n) is 6.99. The molecule has 0 fully saturated rings. The number of rotatable bonds is 5. The fourth-order valence-electron chi connectivity index (χ4n) is 2.54. The molecule has 0 bridgehead atoms. The molecule has 0 aliphatic rings. The minimum Gasteiger partial charge on any atom is -0.477 e. The van der Waals surface area contributed by atoms with E-state index in [1.54, 1.807) is 0 Å². The maximum absolute atomic E-state index is 12.4. The van der Waals surface area contributed by atoms with Crippen LogP contribution in [0.15, 0.2) is 36.8 Å². The van der Waals surface area contributed by atoms with Crippen molar-refractivity contribution in [3.63, 3.8) is 0 Å². The Hall–Kier alpha value is -2.63. The number of carboxylic acid groups (broad SMARTS) is 1. The summed E-state index contributed by atoms with van der Waals surface area (Å²) < 4.78 is 1.33. The van der Waals surface area contributed by atoms with Crippen molar-refractivity contribution in [3.05, 3.63) is 53.6 Å². The van der Waals surface area contributed by atoms with Crippen molar-refractivity contribution in [3.8, 4) is 0 Å². The van der Waals surface area contributed by atoms with Crippen LogP contribution in [0.5, 0.6) is 0 Å². The van der Waals surface area contributed by atoms with E-state index >= 15 is 0 Å². The fraction of sp³-hybridized carbons (Fsp3) is 0.389. The maximum atomic E-state index is 12.4. The predicted octanol–water partition coefficient (Wildman–Crippen LogP) is 2.79. The minimum atomic E-state index is -1.11. The van der Waals surface area contributed by atoms with Gasteiger partial charge in [-0.3, -0.25) is 4.79 Å². The first-order valence-electron chi connectivity index (χ1n) is 7.78. The molecule has 0 aliphatic heterocycles. The molecule has 1 atom stereocenters. The molecule has 0 saturated carbocycles. The number of nitrogens with one attached hydrogen (secondary N) is 1. The van der Waals surface area contributed by atoms with Crippen LogP contribution in [0, 0.1) is 12.3 Å². The van der Waals surface area contributed by atoms with Gasteiger partial charge in [-0.15, -0.1) is 0 Å². The average Bonchev–Trinajstić information content (AvgIpc) is 2.93. The summed E-state index contributed by atoms with van der Waals surface area (Å²) in [5.74, 6) is -1.36. The van der Waals surface area contributed by atoms with Crippen molar-refractivity contribution >= 4 is 11.9 Å². The molecule has 1 aromatic heterocycles. The van der Waals surface area contributed by atoms with Gasteiger partial charge in [0, 0.05) is 0 Å². The van der Waals surface area contributed by atoms with Crippen LogP contribution >= 0.6 is 0 Å². The molecule has 0 saturated heterocycles. The van der Waals surface area contributed by atoms with Gasteiger partial charge in [0.15, 0.2) is 0 Å². The molecule has 1 amide bonds. The summed E-state index contributed by atoms with van der Waals surface area (Å²) in [6.07, 6.45) is 2.58. The summed E-state index contributed by atoms with van der Waals surface area (Å²) in [5, 5.41) is 12.1. The number of benzene rings is 1. The van der Waals surface area contributed by atoms with E-state index in [-0.39, 0.29) is 29.6 Å². The van der Waals surface area contributed by atoms with Crippen LogP contribution in [-0.2, 0) is 11.3 Å². The number of carbonyl (C=O) groups excluding carboxylic acids is 1. The first kappa shape index (κ1) is 17.7. The highest BCUT2D eigenvalue weighted by Gasteiger charge is 2.28. The normalized spacial score (nSPS) is 12.7. The Kier molecular flexibility index (Phi) is 5.07. The Labute approximate surface area is 141 Å². The van der Waals surface area contributed by atoms with Gasteiger partial charge in [-0.1, -0.05) is 50.6 Å². The molecular formula is C18H23N3O3. The van der Waals surface area contributed by atoms with E-state index in [0.29, 0.717) is 0 Å². The third-order valence-electron chi connectivity index (χ3n) is 3.83. The molecule has 6 heteroatoms. The molecule has 2 aromatic rings. The lowest BCUT2D eigenvalue weighted by molar-refractivity contribution is -0.123. The van der Waals surface area contributed by atoms with Crippen LogP contribution in [0.25, 0.3) is 0 Å². The molecule has 1 aromatic carbocycles. The zero-order chi connectivity index (χ0) is 17.9. The number of imidazole rings is 1. The summed E-state index contributed by atoms with van der Waals surface area (Å²) in [5.41, 5.74) is 1.98. The van der Waals surface area contributed by atoms with Crippen molar-refractivity contribution in [1.82, 2.24) is 14.9 Å². The van der Waals surface area contributed by atoms with Gasteiger partial charge < -0.3 is 15.0 Å². The Morgan fingerprint density at radius 2 is 1.88 bits per heavy atom. The van der Waals surface area contributed by atoms with E-state index in [2.05, 4.69) is 31.1 Å². The summed E-state index contributed by atoms with van der Waals surface area (Å²) in [6, 6.07) is 7.86. The first-order chi connectivity index (χ1) is 11.2. The van der Waals surface area contributed by atoms with E-state index in [1.807, 2.05) is 31.2 Å². The fourth-order valence-corrected chi connectivity index (χ4v) is 2.54. The summed E-state index contributed by atoms with van der Waals surface area (Å²) in [4.78, 5) is 27.3. The van der Waals surface area contributed by atoms with Crippen LogP contribution in [0.2, 0.25) is 0 Å². The summed E-state index contributed by atoms with van der Waals surface area (Å²) in [6.45, 7) is 8.09. The number of carboxylic acids is 1. The van der Waals surface area contributed by atoms with Gasteiger partial charge in [-0.25, -0.2) is 9.78 Å². The highest BCUT2D eigenvalue weighted by atomic mass is 16.4. The standard InChI is InChI=1S/C18H23N3O3/c1-12-5-7-13(8-6-12)16(18(2,3)4)20-15(22)10-21-11-19-9-14(21)17(23)24/h5-9,11,16H,10H2,1-4H3,(H,20,22)(H,23,24). The zero-order valence-electron chi connectivity index (χ0n) is 14.4. The van der Waals surface area contributed by atoms with Crippen LogP contribution < -0.4 is 5.32 Å². The number of aromatic nitrogens is 2. The van der Waals surface area contributed by atoms with Gasteiger partial charge in [0.2, 0.25) is 5.91 Å². The lowest BCUT2D eigenvalue weighted by Gasteiger charge is -2.32. The Bertz CT molecular complexity index is 727. The van der Waals surface area contributed by atoms with Crippen LogP contribution in [-0.4, -0.2) is 26.5 Å². The third-order valence-corrected chi connectivity index (χ3v) is 3.83. The van der Waals surface area contributed by atoms with Gasteiger partial charge in [0.25, 0.3) is 0 Å². The van der Waals surface area contributed by atoms with E-state index in [0.717, 1.165) is 11.1 Å². The minimum absolute atomic E-state index is 0.00667. The van der Waals surface area contributed by atoms with Crippen molar-refractivity contribution in [1.29, 1.82) is 0 Å². The molecule has 2 N–H and O–H groups in total. The molecule has 1 heterocycles. The largest absolute Gasteiger partial charge is 0.477 e. The van der Waals surface area contributed by atoms with E-state index in [1.165, 1.54) is 17.1 Å². The first-order valence-corrected chi connectivity index (χ1v) is 7.78. The van der Waals surface area contributed by atoms with Crippen LogP contribution in [0.1, 0.15) is 48.4 Å². The van der Waals surface area contributed by atoms with Crippen molar-refractivity contribution in [2.24, 2.45) is 5.41 Å². The third kappa shape index (κ3) is 4.22. The van der Waals surface area contributed by atoms with Crippen LogP contribution in [0.3, 0.4) is 0 Å². The monoisotopic (exact) mass is 329 g/mol. The summed E-state index contributed by atoms with van der Waals surface area (Å²) >= 11 is 0. The van der Waals surface area contributed by atoms with Gasteiger partial charge in [0.05, 0.1) is 18.6 Å². The van der Waals surface area contributed by atoms with Gasteiger partial charge in [-0.2, -0.15) is 0 Å². The second-order valence-corrected chi connectivity index (χ2v) is 6.99. The van der Waals surface area contributed by atoms with E-state index in [9.17, 15) is 9.59 Å². The quantitative estimate of drug-likeness (QED) is 0.883. The molecule has 0 aliphatic carbocycles. The van der Waals surface area contributed by atoms with Crippen molar-refractivity contribution in [2.75, 3.05) is 0 Å². The Balaban J connectivity index is 2.17. The SMILES string of the molecule is Cc1ccc(C(NC(=O)Cn2cncc2C(=O)O)C(C)(C)C)cc1. The molecule has 6 nitrogen and oxygen atoms in total. The molecule has 24 heavy (non-hydrogen) atoms. The van der Waals surface area contributed by atoms with E-state index in [4.69, 9.17) is 5.11 Å². The average molecular weight is 329 g/mol. The smallest absolute Gasteiger partial charge is 0.354 e. The molecule has 0 spiro atoms. The van der Waals surface area contributed by atoms with Gasteiger partial charge in [0.1, 0.15) is 12.2 Å². The Morgan fingerprint density at radius 1 is 1.25 bits per heavy atom. The number of amides is 1. The zero-order valence-corrected chi connectivity index (χ0v) is 14.4. The predicted molar refractivity (Wildman–Crippen MR) is 90.7 cm³/mol. The maximum Gasteiger partial charge on any atom is 0.354 e. The summed E-state index contributed by atoms with van der Waals surface area (Å²) in [7, 11) is 0. The van der Waals surface area contributed by atoms with Gasteiger partial charge >= 0.3 is 5.97 Å². The number of nitrogens with zero attached hydrogens (tertiary/aromatic N) is 2. The highest BCUT2D eigenvalue weighted by molar-refractivity contribution is 5.86. The van der Waals surface area contributed by atoms with Crippen molar-refractivity contribution < 1.29 is 14.7 Å². The van der Waals surface area contributed by atoms with Crippen molar-refractivity contribution in [2.45, 2.75) is 40.3 Å². The topological polar surface area (TPSA) is 84.2 Å².